The summed E-state index contributed by atoms with van der Waals surface area (Å²) >= 11 is 6.83. The van der Waals surface area contributed by atoms with Crippen molar-refractivity contribution in [1.82, 2.24) is 20.8 Å². The topological polar surface area (TPSA) is 123 Å². The fourth-order valence-corrected chi connectivity index (χ4v) is 3.87. The Hall–Kier alpha value is -2.59. The number of nitrogens with zero attached hydrogens (tertiary/aromatic N) is 2. The maximum Gasteiger partial charge on any atom is 0.321 e. The number of esters is 1. The summed E-state index contributed by atoms with van der Waals surface area (Å²) in [6, 6.07) is 6.35. The Kier molecular flexibility index (Phi) is 8.30. The first-order valence-corrected chi connectivity index (χ1v) is 11.3. The summed E-state index contributed by atoms with van der Waals surface area (Å²) in [5.41, 5.74) is 0.698. The van der Waals surface area contributed by atoms with E-state index in [9.17, 15) is 14.4 Å². The van der Waals surface area contributed by atoms with Crippen molar-refractivity contribution in [1.29, 1.82) is 0 Å². The van der Waals surface area contributed by atoms with Gasteiger partial charge in [-0.05, 0) is 43.0 Å². The van der Waals surface area contributed by atoms with E-state index in [-0.39, 0.29) is 17.0 Å². The average Bonchev–Trinajstić information content (AvgIpc) is 3.22. The van der Waals surface area contributed by atoms with Crippen LogP contribution in [-0.2, 0) is 14.3 Å². The van der Waals surface area contributed by atoms with Crippen molar-refractivity contribution in [2.24, 2.45) is 5.92 Å². The SMILES string of the molecule is C[C@H]1CCCC[C@@H]1NC(=O)NC(=O)COC(=O)CSc1nnc(-c2ccc(Cl)cc2)o1. The van der Waals surface area contributed by atoms with Gasteiger partial charge in [-0.2, -0.15) is 0 Å². The zero-order chi connectivity index (χ0) is 22.2. The first-order valence-electron chi connectivity index (χ1n) is 9.89. The van der Waals surface area contributed by atoms with E-state index in [1.54, 1.807) is 24.3 Å². The lowest BCUT2D eigenvalue weighted by Crippen LogP contribution is -2.48. The molecule has 1 aliphatic carbocycles. The summed E-state index contributed by atoms with van der Waals surface area (Å²) in [5.74, 6) is -0.796. The molecule has 2 aromatic rings. The maximum atomic E-state index is 11.9. The molecule has 0 radical (unpaired) electrons. The third kappa shape index (κ3) is 7.25. The van der Waals surface area contributed by atoms with E-state index in [0.29, 0.717) is 22.4 Å². The van der Waals surface area contributed by atoms with E-state index in [2.05, 4.69) is 27.8 Å². The molecule has 0 bridgehead atoms. The second-order valence-corrected chi connectivity index (χ2v) is 8.58. The number of thioether (sulfide) groups is 1. The van der Waals surface area contributed by atoms with Crippen LogP contribution in [0.4, 0.5) is 4.79 Å². The van der Waals surface area contributed by atoms with Gasteiger partial charge in [0.15, 0.2) is 6.61 Å². The number of amides is 3. The van der Waals surface area contributed by atoms with Gasteiger partial charge in [0.05, 0.1) is 0 Å². The van der Waals surface area contributed by atoms with E-state index in [0.717, 1.165) is 37.4 Å². The smallest absolute Gasteiger partial charge is 0.321 e. The van der Waals surface area contributed by atoms with Crippen LogP contribution in [0.2, 0.25) is 5.02 Å². The molecule has 0 spiro atoms. The van der Waals surface area contributed by atoms with Crippen LogP contribution in [0.3, 0.4) is 0 Å². The predicted molar refractivity (Wildman–Crippen MR) is 115 cm³/mol. The molecule has 1 aliphatic rings. The summed E-state index contributed by atoms with van der Waals surface area (Å²) in [6.45, 7) is 1.53. The van der Waals surface area contributed by atoms with Crippen molar-refractivity contribution in [2.75, 3.05) is 12.4 Å². The van der Waals surface area contributed by atoms with Crippen molar-refractivity contribution >= 4 is 41.3 Å². The minimum absolute atomic E-state index is 0.0488. The van der Waals surface area contributed by atoms with Gasteiger partial charge in [-0.25, -0.2) is 4.79 Å². The number of hydrogen-bond donors (Lipinski definition) is 2. The lowest BCUT2D eigenvalue weighted by molar-refractivity contribution is -0.145. The van der Waals surface area contributed by atoms with Crippen molar-refractivity contribution in [3.8, 4) is 11.5 Å². The van der Waals surface area contributed by atoms with Crippen LogP contribution in [0.5, 0.6) is 0 Å². The van der Waals surface area contributed by atoms with E-state index in [1.807, 2.05) is 0 Å². The molecule has 3 rings (SSSR count). The quantitative estimate of drug-likeness (QED) is 0.470. The number of imide groups is 1. The number of aromatic nitrogens is 2. The molecule has 166 valence electrons. The second-order valence-electron chi connectivity index (χ2n) is 7.22. The molecule has 1 aromatic carbocycles. The number of rotatable bonds is 7. The highest BCUT2D eigenvalue weighted by Crippen LogP contribution is 2.25. The molecule has 2 atom stereocenters. The molecular weight excluding hydrogens is 444 g/mol. The molecule has 1 saturated carbocycles. The molecule has 1 heterocycles. The number of benzene rings is 1. The van der Waals surface area contributed by atoms with Gasteiger partial charge in [-0.1, -0.05) is 43.1 Å². The third-order valence-corrected chi connectivity index (χ3v) is 5.90. The molecule has 1 fully saturated rings. The Labute approximate surface area is 188 Å². The highest BCUT2D eigenvalue weighted by Gasteiger charge is 2.23. The molecule has 3 amide bonds. The van der Waals surface area contributed by atoms with Gasteiger partial charge in [0.1, 0.15) is 5.75 Å². The number of nitrogens with one attached hydrogen (secondary N) is 2. The number of ether oxygens (including phenoxy) is 1. The number of carbonyl (C=O) groups is 3. The first-order chi connectivity index (χ1) is 14.9. The van der Waals surface area contributed by atoms with Gasteiger partial charge in [0, 0.05) is 16.6 Å². The van der Waals surface area contributed by atoms with Gasteiger partial charge in [-0.3, -0.25) is 14.9 Å². The second kappa shape index (κ2) is 11.1. The van der Waals surface area contributed by atoms with Crippen molar-refractivity contribution < 1.29 is 23.5 Å². The maximum absolute atomic E-state index is 11.9. The van der Waals surface area contributed by atoms with Crippen LogP contribution in [0, 0.1) is 5.92 Å². The summed E-state index contributed by atoms with van der Waals surface area (Å²) in [6.07, 6.45) is 4.15. The van der Waals surface area contributed by atoms with Gasteiger partial charge < -0.3 is 14.5 Å². The predicted octanol–water partition coefficient (Wildman–Crippen LogP) is 3.43. The highest BCUT2D eigenvalue weighted by molar-refractivity contribution is 7.99. The van der Waals surface area contributed by atoms with Crippen molar-refractivity contribution in [2.45, 2.75) is 43.9 Å². The zero-order valence-corrected chi connectivity index (χ0v) is 18.5. The first kappa shape index (κ1) is 23.1. The van der Waals surface area contributed by atoms with Crippen LogP contribution in [0.25, 0.3) is 11.5 Å². The molecule has 0 saturated heterocycles. The molecule has 2 N–H and O–H groups in total. The van der Waals surface area contributed by atoms with E-state index < -0.39 is 24.5 Å². The Balaban J connectivity index is 1.35. The van der Waals surface area contributed by atoms with Gasteiger partial charge in [0.25, 0.3) is 11.1 Å². The molecule has 9 nitrogen and oxygen atoms in total. The van der Waals surface area contributed by atoms with Crippen LogP contribution in [0.15, 0.2) is 33.9 Å². The fourth-order valence-electron chi connectivity index (χ4n) is 3.18. The minimum atomic E-state index is -0.692. The molecule has 0 unspecified atom stereocenters. The summed E-state index contributed by atoms with van der Waals surface area (Å²) < 4.78 is 10.4. The lowest BCUT2D eigenvalue weighted by atomic mass is 9.86. The molecule has 31 heavy (non-hydrogen) atoms. The Bertz CT molecular complexity index is 921. The Morgan fingerprint density at radius 1 is 1.19 bits per heavy atom. The number of hydrogen-bond acceptors (Lipinski definition) is 8. The third-order valence-electron chi connectivity index (χ3n) is 4.86. The largest absolute Gasteiger partial charge is 0.455 e. The number of carbonyl (C=O) groups excluding carboxylic acids is 3. The van der Waals surface area contributed by atoms with E-state index in [4.69, 9.17) is 20.8 Å². The zero-order valence-electron chi connectivity index (χ0n) is 16.9. The van der Waals surface area contributed by atoms with Gasteiger partial charge in [0.2, 0.25) is 5.89 Å². The van der Waals surface area contributed by atoms with E-state index in [1.165, 1.54) is 0 Å². The summed E-state index contributed by atoms with van der Waals surface area (Å²) in [7, 11) is 0. The fraction of sp³-hybridized carbons (Fsp3) is 0.450. The van der Waals surface area contributed by atoms with Crippen LogP contribution < -0.4 is 10.6 Å². The molecule has 1 aromatic heterocycles. The lowest BCUT2D eigenvalue weighted by Gasteiger charge is -2.29. The normalized spacial score (nSPS) is 18.3. The summed E-state index contributed by atoms with van der Waals surface area (Å²) in [4.78, 5) is 35.6. The minimum Gasteiger partial charge on any atom is -0.455 e. The van der Waals surface area contributed by atoms with Gasteiger partial charge >= 0.3 is 12.0 Å². The van der Waals surface area contributed by atoms with Crippen molar-refractivity contribution in [3.05, 3.63) is 29.3 Å². The number of urea groups is 1. The van der Waals surface area contributed by atoms with E-state index >= 15 is 0 Å². The van der Waals surface area contributed by atoms with Crippen molar-refractivity contribution in [3.63, 3.8) is 0 Å². The summed E-state index contributed by atoms with van der Waals surface area (Å²) in [5, 5.41) is 13.5. The Morgan fingerprint density at radius 2 is 1.94 bits per heavy atom. The molecular formula is C20H23ClN4O5S. The van der Waals surface area contributed by atoms with Crippen LogP contribution in [0.1, 0.15) is 32.6 Å². The molecule has 11 heteroatoms. The van der Waals surface area contributed by atoms with Crippen LogP contribution >= 0.6 is 23.4 Å². The monoisotopic (exact) mass is 466 g/mol. The van der Waals surface area contributed by atoms with Crippen LogP contribution in [-0.4, -0.2) is 46.5 Å². The van der Waals surface area contributed by atoms with Gasteiger partial charge in [-0.15, -0.1) is 10.2 Å². The standard InChI is InChI=1S/C20H23ClN4O5S/c1-12-4-2-3-5-15(12)22-19(28)23-16(26)10-29-17(27)11-31-20-25-24-18(30-20)13-6-8-14(21)9-7-13/h6-9,12,15H,2-5,10-11H2,1H3,(H2,22,23,26,28)/t12-,15-/m0/s1. The molecule has 0 aliphatic heterocycles. The Morgan fingerprint density at radius 3 is 2.68 bits per heavy atom. The highest BCUT2D eigenvalue weighted by atomic mass is 35.5. The average molecular weight is 467 g/mol. The number of halogens is 1.